The van der Waals surface area contributed by atoms with E-state index in [1.807, 2.05) is 74.7 Å². The molecular formula is C27H30FN5O3. The zero-order valence-corrected chi connectivity index (χ0v) is 20.9. The molecule has 1 aliphatic rings. The van der Waals surface area contributed by atoms with E-state index in [0.29, 0.717) is 35.8 Å². The minimum atomic E-state index is -1.22. The van der Waals surface area contributed by atoms with E-state index in [1.165, 1.54) is 0 Å². The van der Waals surface area contributed by atoms with Crippen LogP contribution >= 0.6 is 0 Å². The number of alkyl halides is 1. The van der Waals surface area contributed by atoms with Crippen molar-refractivity contribution >= 4 is 22.6 Å². The van der Waals surface area contributed by atoms with Gasteiger partial charge in [-0.3, -0.25) is 4.40 Å². The number of likely N-dealkylation sites (tertiary alicyclic amines) is 1. The van der Waals surface area contributed by atoms with Gasteiger partial charge in [0.05, 0.1) is 0 Å². The Kier molecular flexibility index (Phi) is 6.24. The van der Waals surface area contributed by atoms with Crippen LogP contribution in [0.25, 0.3) is 28.1 Å². The molecular weight excluding hydrogens is 461 g/mol. The molecule has 1 saturated heterocycles. The van der Waals surface area contributed by atoms with Crippen LogP contribution in [0, 0.1) is 6.92 Å². The molecule has 1 amide bonds. The molecule has 1 aromatic carbocycles. The Morgan fingerprint density at radius 1 is 1.06 bits per heavy atom. The van der Waals surface area contributed by atoms with Gasteiger partial charge in [-0.2, -0.15) is 0 Å². The number of carbonyl (C=O) groups is 1. The van der Waals surface area contributed by atoms with E-state index in [0.717, 1.165) is 16.6 Å². The van der Waals surface area contributed by atoms with E-state index < -0.39 is 24.0 Å². The second kappa shape index (κ2) is 9.37. The molecule has 2 atom stereocenters. The Bertz CT molecular complexity index is 1410. The first-order valence-corrected chi connectivity index (χ1v) is 12.2. The number of aryl methyl sites for hydroxylation is 1. The van der Waals surface area contributed by atoms with Gasteiger partial charge in [0, 0.05) is 31.1 Å². The predicted molar refractivity (Wildman–Crippen MR) is 135 cm³/mol. The van der Waals surface area contributed by atoms with E-state index in [-0.39, 0.29) is 13.0 Å². The number of para-hydroxylation sites is 1. The summed E-state index contributed by atoms with van der Waals surface area (Å²) in [5, 5.41) is 9.45. The predicted octanol–water partition coefficient (Wildman–Crippen LogP) is 5.37. The summed E-state index contributed by atoms with van der Waals surface area (Å²) in [6.45, 7) is 8.10. The number of aromatic nitrogens is 4. The van der Waals surface area contributed by atoms with Crippen LogP contribution in [-0.4, -0.2) is 61.5 Å². The van der Waals surface area contributed by atoms with Crippen LogP contribution in [0.1, 0.15) is 39.2 Å². The molecule has 9 heteroatoms. The number of nitrogens with zero attached hydrogens (tertiary/aromatic N) is 5. The number of rotatable bonds is 3. The normalized spacial score (nSPS) is 18.9. The molecule has 0 bridgehead atoms. The van der Waals surface area contributed by atoms with Crippen molar-refractivity contribution < 1.29 is 18.7 Å². The van der Waals surface area contributed by atoms with E-state index in [2.05, 4.69) is 10.2 Å². The van der Waals surface area contributed by atoms with Crippen LogP contribution in [-0.2, 0) is 4.74 Å². The van der Waals surface area contributed by atoms with E-state index in [9.17, 15) is 4.79 Å². The van der Waals surface area contributed by atoms with Gasteiger partial charge in [0.2, 0.25) is 0 Å². The maximum Gasteiger partial charge on any atom is 0.410 e. The van der Waals surface area contributed by atoms with Gasteiger partial charge < -0.3 is 14.4 Å². The van der Waals surface area contributed by atoms with Crippen LogP contribution in [0.15, 0.2) is 48.7 Å². The molecule has 8 nitrogen and oxygen atoms in total. The average molecular weight is 492 g/mol. The standard InChI is InChI=1S/C27H30FN5O3/c1-17-8-11-23-30-31-25(33(23)16-17)20-10-9-18-6-5-7-22(24(18)29-20)35-21-13-15-32(14-12-19(21)28)26(34)36-27(2,3)4/h5-11,16,19,21H,12-15H2,1-4H3/t19-,21-/m0/s1. The number of ether oxygens (including phenoxy) is 2. The van der Waals surface area contributed by atoms with Gasteiger partial charge in [0.1, 0.15) is 34.8 Å². The maximum absolute atomic E-state index is 15.1. The van der Waals surface area contributed by atoms with Crippen molar-refractivity contribution in [3.63, 3.8) is 0 Å². The smallest absolute Gasteiger partial charge is 0.410 e. The van der Waals surface area contributed by atoms with Gasteiger partial charge in [-0.1, -0.05) is 24.3 Å². The summed E-state index contributed by atoms with van der Waals surface area (Å²) in [5.41, 5.74) is 2.48. The topological polar surface area (TPSA) is 81.9 Å². The second-order valence-electron chi connectivity index (χ2n) is 10.2. The van der Waals surface area contributed by atoms with Crippen molar-refractivity contribution in [1.82, 2.24) is 24.5 Å². The number of hydrogen-bond donors (Lipinski definition) is 0. The first-order chi connectivity index (χ1) is 17.2. The summed E-state index contributed by atoms with van der Waals surface area (Å²) in [6, 6.07) is 13.3. The molecule has 4 aromatic rings. The molecule has 0 spiro atoms. The quantitative estimate of drug-likeness (QED) is 0.383. The monoisotopic (exact) mass is 491 g/mol. The van der Waals surface area contributed by atoms with Crippen molar-refractivity contribution in [2.24, 2.45) is 0 Å². The van der Waals surface area contributed by atoms with Crippen LogP contribution in [0.3, 0.4) is 0 Å². The van der Waals surface area contributed by atoms with Gasteiger partial charge in [-0.15, -0.1) is 10.2 Å². The highest BCUT2D eigenvalue weighted by atomic mass is 19.1. The van der Waals surface area contributed by atoms with Crippen LogP contribution < -0.4 is 4.74 Å². The zero-order valence-electron chi connectivity index (χ0n) is 20.9. The lowest BCUT2D eigenvalue weighted by molar-refractivity contribution is 0.0252. The Hall–Kier alpha value is -3.75. The lowest BCUT2D eigenvalue weighted by atomic mass is 10.1. The van der Waals surface area contributed by atoms with Crippen LogP contribution in [0.4, 0.5) is 9.18 Å². The van der Waals surface area contributed by atoms with Crippen molar-refractivity contribution in [3.05, 3.63) is 54.2 Å². The average Bonchev–Trinajstić information content (AvgIpc) is 3.15. The molecule has 0 saturated carbocycles. The van der Waals surface area contributed by atoms with Crippen molar-refractivity contribution in [3.8, 4) is 17.3 Å². The van der Waals surface area contributed by atoms with E-state index >= 15 is 4.39 Å². The van der Waals surface area contributed by atoms with E-state index in [4.69, 9.17) is 14.5 Å². The molecule has 188 valence electrons. The molecule has 1 fully saturated rings. The van der Waals surface area contributed by atoms with Gasteiger partial charge >= 0.3 is 6.09 Å². The molecule has 0 aliphatic carbocycles. The Labute approximate surface area is 209 Å². The first-order valence-electron chi connectivity index (χ1n) is 12.2. The van der Waals surface area contributed by atoms with Crippen molar-refractivity contribution in [2.75, 3.05) is 13.1 Å². The summed E-state index contributed by atoms with van der Waals surface area (Å²) in [5.74, 6) is 1.12. The molecule has 3 aromatic heterocycles. The Balaban J connectivity index is 1.41. The van der Waals surface area contributed by atoms with Crippen molar-refractivity contribution in [2.45, 2.75) is 58.4 Å². The van der Waals surface area contributed by atoms with Crippen LogP contribution in [0.5, 0.6) is 5.75 Å². The highest BCUT2D eigenvalue weighted by molar-refractivity contribution is 5.86. The minimum Gasteiger partial charge on any atom is -0.485 e. The number of carbonyl (C=O) groups excluding carboxylic acids is 1. The molecule has 0 unspecified atom stereocenters. The maximum atomic E-state index is 15.1. The largest absolute Gasteiger partial charge is 0.485 e. The van der Waals surface area contributed by atoms with Gasteiger partial charge in [-0.25, -0.2) is 14.2 Å². The van der Waals surface area contributed by atoms with Gasteiger partial charge in [0.15, 0.2) is 11.5 Å². The van der Waals surface area contributed by atoms with E-state index in [1.54, 1.807) is 11.0 Å². The second-order valence-corrected chi connectivity index (χ2v) is 10.2. The number of fused-ring (bicyclic) bond motifs is 2. The third-order valence-corrected chi connectivity index (χ3v) is 6.15. The van der Waals surface area contributed by atoms with Crippen LogP contribution in [0.2, 0.25) is 0 Å². The Morgan fingerprint density at radius 3 is 2.67 bits per heavy atom. The van der Waals surface area contributed by atoms with Gasteiger partial charge in [0.25, 0.3) is 0 Å². The lowest BCUT2D eigenvalue weighted by Crippen LogP contribution is -2.37. The van der Waals surface area contributed by atoms with Gasteiger partial charge in [-0.05, 0) is 57.9 Å². The molecule has 1 aliphatic heterocycles. The first kappa shape index (κ1) is 24.0. The zero-order chi connectivity index (χ0) is 25.4. The molecule has 4 heterocycles. The molecule has 5 rings (SSSR count). The highest BCUT2D eigenvalue weighted by Crippen LogP contribution is 2.30. The summed E-state index contributed by atoms with van der Waals surface area (Å²) in [4.78, 5) is 18.9. The third-order valence-electron chi connectivity index (χ3n) is 6.15. The molecule has 0 N–H and O–H groups in total. The lowest BCUT2D eigenvalue weighted by Gasteiger charge is -2.26. The summed E-state index contributed by atoms with van der Waals surface area (Å²) in [6.07, 6.45) is 0.143. The summed E-state index contributed by atoms with van der Waals surface area (Å²) in [7, 11) is 0. The number of hydrogen-bond acceptors (Lipinski definition) is 6. The summed E-state index contributed by atoms with van der Waals surface area (Å²) < 4.78 is 28.7. The number of amides is 1. The number of halogens is 1. The third kappa shape index (κ3) is 4.96. The number of pyridine rings is 2. The Morgan fingerprint density at radius 2 is 1.86 bits per heavy atom. The van der Waals surface area contributed by atoms with Crippen molar-refractivity contribution in [1.29, 1.82) is 0 Å². The minimum absolute atomic E-state index is 0.179. The fourth-order valence-electron chi connectivity index (χ4n) is 4.36. The molecule has 0 radical (unpaired) electrons. The number of benzene rings is 1. The summed E-state index contributed by atoms with van der Waals surface area (Å²) >= 11 is 0. The fourth-order valence-corrected chi connectivity index (χ4v) is 4.36. The highest BCUT2D eigenvalue weighted by Gasteiger charge is 2.32. The molecule has 36 heavy (non-hydrogen) atoms. The fraction of sp³-hybridized carbons (Fsp3) is 0.407. The SMILES string of the molecule is Cc1ccc2nnc(-c3ccc4cccc(O[C@H]5CCN(C(=O)OC(C)(C)C)CC[C@@H]5F)c4n3)n2c1.